The average Bonchev–Trinajstić information content (AvgIpc) is 3.02. The number of halogens is 1. The van der Waals surface area contributed by atoms with Gasteiger partial charge in [0, 0.05) is 27.2 Å². The lowest BCUT2D eigenvalue weighted by molar-refractivity contribution is 0.117. The third-order valence-corrected chi connectivity index (χ3v) is 3.56. The first-order chi connectivity index (χ1) is 11.8. The van der Waals surface area contributed by atoms with Gasteiger partial charge in [-0.05, 0) is 18.4 Å². The minimum Gasteiger partial charge on any atom is -0.377 e. The van der Waals surface area contributed by atoms with Gasteiger partial charge in [0.15, 0.2) is 5.96 Å². The zero-order valence-electron chi connectivity index (χ0n) is 14.8. The molecule has 0 atom stereocenters. The molecule has 0 spiro atoms. The Kier molecular flexibility index (Phi) is 10.8. The van der Waals surface area contributed by atoms with E-state index in [0.29, 0.717) is 13.2 Å². The van der Waals surface area contributed by atoms with Gasteiger partial charge in [-0.2, -0.15) is 5.10 Å². The highest BCUT2D eigenvalue weighted by molar-refractivity contribution is 14.0. The van der Waals surface area contributed by atoms with E-state index in [-0.39, 0.29) is 24.0 Å². The van der Waals surface area contributed by atoms with Crippen LogP contribution in [0.15, 0.2) is 41.7 Å². The number of hydrogen-bond donors (Lipinski definition) is 2. The molecule has 0 bridgehead atoms. The molecular weight excluding hydrogens is 431 g/mol. The lowest BCUT2D eigenvalue weighted by Gasteiger charge is -2.11. The smallest absolute Gasteiger partial charge is 0.191 e. The summed E-state index contributed by atoms with van der Waals surface area (Å²) in [4.78, 5) is 8.36. The molecule has 1 aromatic carbocycles. The van der Waals surface area contributed by atoms with E-state index in [1.54, 1.807) is 18.1 Å². The van der Waals surface area contributed by atoms with Crippen LogP contribution in [0.2, 0.25) is 0 Å². The number of aryl methyl sites for hydroxylation is 1. The zero-order chi connectivity index (χ0) is 17.0. The van der Waals surface area contributed by atoms with E-state index in [9.17, 15) is 0 Å². The van der Waals surface area contributed by atoms with Gasteiger partial charge in [0.2, 0.25) is 0 Å². The van der Waals surface area contributed by atoms with Crippen molar-refractivity contribution in [3.63, 3.8) is 0 Å². The standard InChI is InChI=1S/C17H26N6O.HI/c1-18-17(20-12-16-21-14-22-23(16)2)19-10-6-7-11-24-13-15-8-4-3-5-9-15;/h3-5,8-9,14H,6-7,10-13H2,1-2H3,(H2,18,19,20);1H. The first-order valence-corrected chi connectivity index (χ1v) is 8.18. The van der Waals surface area contributed by atoms with Gasteiger partial charge in [-0.15, -0.1) is 24.0 Å². The fourth-order valence-corrected chi connectivity index (χ4v) is 2.16. The lowest BCUT2D eigenvalue weighted by Crippen LogP contribution is -2.37. The van der Waals surface area contributed by atoms with Crippen molar-refractivity contribution in [2.45, 2.75) is 26.0 Å². The molecule has 0 aliphatic carbocycles. The van der Waals surface area contributed by atoms with Gasteiger partial charge in [0.05, 0.1) is 13.2 Å². The van der Waals surface area contributed by atoms with Crippen molar-refractivity contribution in [1.82, 2.24) is 25.4 Å². The van der Waals surface area contributed by atoms with Crippen LogP contribution in [0.1, 0.15) is 24.2 Å². The van der Waals surface area contributed by atoms with Gasteiger partial charge >= 0.3 is 0 Å². The molecule has 0 aliphatic heterocycles. The van der Waals surface area contributed by atoms with Crippen molar-refractivity contribution in [1.29, 1.82) is 0 Å². The molecule has 1 aromatic heterocycles. The lowest BCUT2D eigenvalue weighted by atomic mass is 10.2. The maximum Gasteiger partial charge on any atom is 0.191 e. The number of ether oxygens (including phenoxy) is 1. The maximum absolute atomic E-state index is 5.67. The molecular formula is C17H27IN6O. The van der Waals surface area contributed by atoms with Crippen LogP contribution in [0, 0.1) is 0 Å². The number of aliphatic imine (C=N–C) groups is 1. The number of unbranched alkanes of at least 4 members (excludes halogenated alkanes) is 1. The first kappa shape index (κ1) is 21.4. The van der Waals surface area contributed by atoms with Crippen LogP contribution in [0.5, 0.6) is 0 Å². The number of benzene rings is 1. The van der Waals surface area contributed by atoms with Gasteiger partial charge in [-0.1, -0.05) is 30.3 Å². The van der Waals surface area contributed by atoms with Crippen molar-refractivity contribution in [2.75, 3.05) is 20.2 Å². The third-order valence-electron chi connectivity index (χ3n) is 3.56. The number of guanidine groups is 1. The Morgan fingerprint density at radius 1 is 1.20 bits per heavy atom. The van der Waals surface area contributed by atoms with Crippen molar-refractivity contribution in [2.24, 2.45) is 12.0 Å². The highest BCUT2D eigenvalue weighted by Gasteiger charge is 2.02. The molecule has 0 fully saturated rings. The quantitative estimate of drug-likeness (QED) is 0.261. The molecule has 138 valence electrons. The second-order valence-electron chi connectivity index (χ2n) is 5.40. The number of hydrogen-bond acceptors (Lipinski definition) is 4. The summed E-state index contributed by atoms with van der Waals surface area (Å²) in [5.41, 5.74) is 1.21. The van der Waals surface area contributed by atoms with E-state index in [2.05, 4.69) is 37.8 Å². The Morgan fingerprint density at radius 2 is 2.00 bits per heavy atom. The van der Waals surface area contributed by atoms with Crippen LogP contribution < -0.4 is 10.6 Å². The summed E-state index contributed by atoms with van der Waals surface area (Å²) in [6, 6.07) is 10.2. The van der Waals surface area contributed by atoms with Crippen LogP contribution in [0.3, 0.4) is 0 Å². The maximum atomic E-state index is 5.67. The van der Waals surface area contributed by atoms with Crippen molar-refractivity contribution in [3.8, 4) is 0 Å². The van der Waals surface area contributed by atoms with Gasteiger partial charge in [0.1, 0.15) is 12.2 Å². The molecule has 0 saturated heterocycles. The van der Waals surface area contributed by atoms with E-state index < -0.39 is 0 Å². The number of nitrogens with one attached hydrogen (secondary N) is 2. The minimum absolute atomic E-state index is 0. The molecule has 0 unspecified atom stereocenters. The molecule has 1 heterocycles. The topological polar surface area (TPSA) is 76.4 Å². The van der Waals surface area contributed by atoms with Crippen LogP contribution in [0.4, 0.5) is 0 Å². The predicted octanol–water partition coefficient (Wildman–Crippen LogP) is 2.10. The fourth-order valence-electron chi connectivity index (χ4n) is 2.16. The number of rotatable bonds is 9. The van der Waals surface area contributed by atoms with E-state index >= 15 is 0 Å². The summed E-state index contributed by atoms with van der Waals surface area (Å²) >= 11 is 0. The molecule has 2 rings (SSSR count). The first-order valence-electron chi connectivity index (χ1n) is 8.18. The van der Waals surface area contributed by atoms with Crippen LogP contribution in [-0.4, -0.2) is 40.9 Å². The molecule has 7 nitrogen and oxygen atoms in total. The Balaban J connectivity index is 0.00000312. The van der Waals surface area contributed by atoms with E-state index in [0.717, 1.165) is 37.8 Å². The molecule has 2 N–H and O–H groups in total. The second-order valence-corrected chi connectivity index (χ2v) is 5.40. The van der Waals surface area contributed by atoms with E-state index in [1.807, 2.05) is 25.2 Å². The average molecular weight is 458 g/mol. The van der Waals surface area contributed by atoms with Crippen LogP contribution in [-0.2, 0) is 24.9 Å². The molecule has 0 radical (unpaired) electrons. The minimum atomic E-state index is 0. The second kappa shape index (κ2) is 12.6. The Hall–Kier alpha value is -1.68. The third kappa shape index (κ3) is 8.30. The highest BCUT2D eigenvalue weighted by Crippen LogP contribution is 2.01. The molecule has 0 saturated carbocycles. The molecule has 0 amide bonds. The van der Waals surface area contributed by atoms with E-state index in [1.165, 1.54) is 5.56 Å². The normalized spacial score (nSPS) is 11.0. The summed E-state index contributed by atoms with van der Waals surface area (Å²) in [6.45, 7) is 2.89. The molecule has 0 aliphatic rings. The Bertz CT molecular complexity index is 617. The zero-order valence-corrected chi connectivity index (χ0v) is 17.1. The SMILES string of the molecule is CN=C(NCCCCOCc1ccccc1)NCc1ncnn1C.I. The summed E-state index contributed by atoms with van der Waals surface area (Å²) in [5, 5.41) is 10.5. The van der Waals surface area contributed by atoms with Crippen molar-refractivity contribution < 1.29 is 4.74 Å². The van der Waals surface area contributed by atoms with Gasteiger partial charge < -0.3 is 15.4 Å². The molecule has 25 heavy (non-hydrogen) atoms. The summed E-state index contributed by atoms with van der Waals surface area (Å²) < 4.78 is 7.41. The van der Waals surface area contributed by atoms with Gasteiger partial charge in [0.25, 0.3) is 0 Å². The summed E-state index contributed by atoms with van der Waals surface area (Å²) in [5.74, 6) is 1.63. The summed E-state index contributed by atoms with van der Waals surface area (Å²) in [7, 11) is 3.63. The number of aromatic nitrogens is 3. The van der Waals surface area contributed by atoms with E-state index in [4.69, 9.17) is 4.74 Å². The largest absolute Gasteiger partial charge is 0.377 e. The monoisotopic (exact) mass is 458 g/mol. The van der Waals surface area contributed by atoms with Crippen LogP contribution in [0.25, 0.3) is 0 Å². The van der Waals surface area contributed by atoms with Crippen molar-refractivity contribution in [3.05, 3.63) is 48.0 Å². The summed E-state index contributed by atoms with van der Waals surface area (Å²) in [6.07, 6.45) is 3.59. The van der Waals surface area contributed by atoms with Crippen molar-refractivity contribution >= 4 is 29.9 Å². The molecule has 8 heteroatoms. The predicted molar refractivity (Wildman–Crippen MR) is 110 cm³/mol. The van der Waals surface area contributed by atoms with Gasteiger partial charge in [-0.3, -0.25) is 9.67 Å². The molecule has 2 aromatic rings. The number of nitrogens with zero attached hydrogens (tertiary/aromatic N) is 4. The highest BCUT2D eigenvalue weighted by atomic mass is 127. The Morgan fingerprint density at radius 3 is 2.68 bits per heavy atom. The van der Waals surface area contributed by atoms with Gasteiger partial charge in [-0.25, -0.2) is 4.98 Å². The van der Waals surface area contributed by atoms with Crippen LogP contribution >= 0.6 is 24.0 Å². The Labute approximate surface area is 166 Å². The fraction of sp³-hybridized carbons (Fsp3) is 0.471.